The summed E-state index contributed by atoms with van der Waals surface area (Å²) in [5.74, 6) is -5.38. The fraction of sp³-hybridized carbons (Fsp3) is 0.294. The molecule has 0 atom stereocenters. The minimum atomic E-state index is -4.50. The number of halogens is 3. The van der Waals surface area contributed by atoms with E-state index in [1.165, 1.54) is 29.2 Å². The number of hydrogen-bond acceptors (Lipinski definition) is 6. The molecule has 0 bridgehead atoms. The molecule has 1 aliphatic rings. The number of rotatable bonds is 2. The van der Waals surface area contributed by atoms with Crippen LogP contribution in [-0.4, -0.2) is 45.3 Å². The predicted octanol–water partition coefficient (Wildman–Crippen LogP) is 1.11. The molecule has 0 aromatic heterocycles. The number of anilines is 2. The van der Waals surface area contributed by atoms with Crippen molar-refractivity contribution >= 4 is 11.4 Å². The molecule has 1 radical (unpaired) electrons. The molecular formula is C17H16F3N2O4Y-. The summed E-state index contributed by atoms with van der Waals surface area (Å²) in [6, 6.07) is 12.4. The monoisotopic (exact) mass is 458 g/mol. The minimum Gasteiger partial charge on any atom is -0.356 e. The molecule has 2 aromatic carbocycles. The molecule has 1 aliphatic heterocycles. The van der Waals surface area contributed by atoms with Gasteiger partial charge in [0.05, 0.1) is 18.7 Å². The maximum Gasteiger partial charge on any atom is 0.416 e. The molecule has 3 rings (SSSR count). The molecule has 0 aliphatic carbocycles. The van der Waals surface area contributed by atoms with Gasteiger partial charge in [-0.1, -0.05) is 5.69 Å². The van der Waals surface area contributed by atoms with Crippen LogP contribution in [0.1, 0.15) is 5.56 Å². The molecule has 0 saturated carbocycles. The van der Waals surface area contributed by atoms with E-state index in [9.17, 15) is 33.6 Å². The number of piperazine rings is 1. The van der Waals surface area contributed by atoms with E-state index in [4.69, 9.17) is 0 Å². The Morgan fingerprint density at radius 1 is 0.815 bits per heavy atom. The number of hydrogen-bond donors (Lipinski definition) is 4. The standard InChI is InChI=1S/C17H16F3N2O4.Y/c18-17(19,20)12-6-8-13(9-7-12)21-10-15(23,24)22(16(25,26)11-21)14-4-2-1-3-5-14;/h2-9,23-26H,10-11H2;/q-1;. The number of nitrogens with zero attached hydrogens (tertiary/aromatic N) is 2. The SMILES string of the molecule is OC1(O)CN(c2ccc(C(F)(F)F)cc2)CC(O)(O)N1c1cc[c-]cc1.[Y]. The third-order valence-electron chi connectivity index (χ3n) is 4.04. The normalized spacial score (nSPS) is 18.8. The molecule has 6 nitrogen and oxygen atoms in total. The molecule has 1 fully saturated rings. The van der Waals surface area contributed by atoms with E-state index in [-0.39, 0.29) is 44.1 Å². The molecule has 0 spiro atoms. The van der Waals surface area contributed by atoms with Gasteiger partial charge in [0.2, 0.25) is 0 Å². The second kappa shape index (κ2) is 7.65. The van der Waals surface area contributed by atoms with Crippen molar-refractivity contribution in [3.05, 3.63) is 60.2 Å². The Hall–Kier alpha value is -1.23. The van der Waals surface area contributed by atoms with Crippen LogP contribution in [0.15, 0.2) is 48.5 Å². The summed E-state index contributed by atoms with van der Waals surface area (Å²) in [5, 5.41) is 41.5. The van der Waals surface area contributed by atoms with E-state index in [1.54, 1.807) is 0 Å². The number of aliphatic hydroxyl groups is 4. The Labute approximate surface area is 178 Å². The van der Waals surface area contributed by atoms with Crippen LogP contribution in [0.25, 0.3) is 0 Å². The van der Waals surface area contributed by atoms with Crippen molar-refractivity contribution in [2.75, 3.05) is 22.9 Å². The molecule has 2 aromatic rings. The second-order valence-electron chi connectivity index (χ2n) is 6.04. The van der Waals surface area contributed by atoms with Crippen LogP contribution in [0.3, 0.4) is 0 Å². The fourth-order valence-corrected chi connectivity index (χ4v) is 2.98. The zero-order valence-corrected chi connectivity index (χ0v) is 16.8. The summed E-state index contributed by atoms with van der Waals surface area (Å²) >= 11 is 0. The maximum absolute atomic E-state index is 12.7. The van der Waals surface area contributed by atoms with Crippen LogP contribution in [-0.2, 0) is 38.9 Å². The first-order valence-corrected chi connectivity index (χ1v) is 7.59. The average Bonchev–Trinajstić information content (AvgIpc) is 2.53. The maximum atomic E-state index is 12.7. The number of β-amino-alcohol motifs (C(OH)–C–C–N with tert-alkyl or cyclic N) is 4. The van der Waals surface area contributed by atoms with Crippen molar-refractivity contribution in [3.8, 4) is 0 Å². The van der Waals surface area contributed by atoms with E-state index in [0.717, 1.165) is 24.3 Å². The molecule has 10 heteroatoms. The average molecular weight is 458 g/mol. The van der Waals surface area contributed by atoms with Crippen LogP contribution in [0.4, 0.5) is 24.5 Å². The fourth-order valence-electron chi connectivity index (χ4n) is 2.98. The summed E-state index contributed by atoms with van der Waals surface area (Å²) in [6.07, 6.45) is -4.50. The molecule has 143 valence electrons. The van der Waals surface area contributed by atoms with Crippen LogP contribution in [0, 0.1) is 6.07 Å². The van der Waals surface area contributed by atoms with Crippen molar-refractivity contribution < 1.29 is 66.3 Å². The van der Waals surface area contributed by atoms with Crippen molar-refractivity contribution in [3.63, 3.8) is 0 Å². The number of benzene rings is 2. The molecule has 27 heavy (non-hydrogen) atoms. The third kappa shape index (κ3) is 4.61. The van der Waals surface area contributed by atoms with Crippen molar-refractivity contribution in [1.29, 1.82) is 0 Å². The molecular weight excluding hydrogens is 442 g/mol. The van der Waals surface area contributed by atoms with Crippen molar-refractivity contribution in [2.24, 2.45) is 0 Å². The van der Waals surface area contributed by atoms with E-state index in [0.29, 0.717) is 4.90 Å². The molecule has 1 heterocycles. The van der Waals surface area contributed by atoms with E-state index in [1.807, 2.05) is 0 Å². The Balaban J connectivity index is 0.00000261. The smallest absolute Gasteiger partial charge is 0.356 e. The minimum absolute atomic E-state index is 0. The van der Waals surface area contributed by atoms with E-state index in [2.05, 4.69) is 6.07 Å². The summed E-state index contributed by atoms with van der Waals surface area (Å²) in [5.41, 5.74) is -0.552. The van der Waals surface area contributed by atoms with Gasteiger partial charge in [-0.05, 0) is 24.3 Å². The van der Waals surface area contributed by atoms with Crippen LogP contribution in [0.5, 0.6) is 0 Å². The zero-order chi connectivity index (χ0) is 19.2. The molecule has 0 amide bonds. The van der Waals surface area contributed by atoms with Crippen molar-refractivity contribution in [2.45, 2.75) is 18.0 Å². The Morgan fingerprint density at radius 2 is 1.30 bits per heavy atom. The van der Waals surface area contributed by atoms with Gasteiger partial charge >= 0.3 is 6.18 Å². The summed E-state index contributed by atoms with van der Waals surface area (Å²) < 4.78 is 38.0. The van der Waals surface area contributed by atoms with Gasteiger partial charge in [0.1, 0.15) is 0 Å². The van der Waals surface area contributed by atoms with Crippen LogP contribution >= 0.6 is 0 Å². The van der Waals surface area contributed by atoms with Crippen molar-refractivity contribution in [1.82, 2.24) is 0 Å². The van der Waals surface area contributed by atoms with Gasteiger partial charge < -0.3 is 25.3 Å². The quantitative estimate of drug-likeness (QED) is 0.399. The first kappa shape index (κ1) is 22.1. The van der Waals surface area contributed by atoms with Crippen LogP contribution in [0.2, 0.25) is 0 Å². The number of alkyl halides is 3. The molecule has 1 saturated heterocycles. The van der Waals surface area contributed by atoms with Gasteiger partial charge in [-0.25, -0.2) is 0 Å². The largest absolute Gasteiger partial charge is 0.416 e. The third-order valence-corrected chi connectivity index (χ3v) is 4.04. The van der Waals surface area contributed by atoms with Gasteiger partial charge in [-0.2, -0.15) is 31.4 Å². The summed E-state index contributed by atoms with van der Waals surface area (Å²) in [6.45, 7) is -0.973. The van der Waals surface area contributed by atoms with Gasteiger partial charge in [0, 0.05) is 38.4 Å². The summed E-state index contributed by atoms with van der Waals surface area (Å²) in [4.78, 5) is 1.79. The first-order valence-electron chi connectivity index (χ1n) is 7.59. The summed E-state index contributed by atoms with van der Waals surface area (Å²) in [7, 11) is 0. The zero-order valence-electron chi connectivity index (χ0n) is 13.9. The Morgan fingerprint density at radius 3 is 1.74 bits per heavy atom. The topological polar surface area (TPSA) is 87.4 Å². The van der Waals surface area contributed by atoms with Crippen LogP contribution < -0.4 is 9.80 Å². The predicted molar refractivity (Wildman–Crippen MR) is 85.8 cm³/mol. The van der Waals surface area contributed by atoms with Gasteiger partial charge in [-0.3, -0.25) is 4.90 Å². The molecule has 4 N–H and O–H groups in total. The molecule has 0 unspecified atom stereocenters. The van der Waals surface area contributed by atoms with E-state index < -0.39 is 36.7 Å². The van der Waals surface area contributed by atoms with Gasteiger partial charge in [0.25, 0.3) is 11.8 Å². The first-order chi connectivity index (χ1) is 12.0. The second-order valence-corrected chi connectivity index (χ2v) is 6.04. The van der Waals surface area contributed by atoms with Gasteiger partial charge in [0.15, 0.2) is 0 Å². The Kier molecular flexibility index (Phi) is 6.25. The Bertz CT molecular complexity index is 752. The van der Waals surface area contributed by atoms with E-state index >= 15 is 0 Å². The van der Waals surface area contributed by atoms with Gasteiger partial charge in [-0.15, -0.1) is 12.1 Å².